The molecule has 2 atom stereocenters. The van der Waals surface area contributed by atoms with Crippen molar-refractivity contribution in [3.63, 3.8) is 0 Å². The number of para-hydroxylation sites is 1. The number of nitrogens with zero attached hydrogens (tertiary/aromatic N) is 3. The SMILES string of the molecule is Cc1cc([C@H]2[C@H](c3ccccn3)NC(=S)N2c2ccc(NC(=O)COc3ccccc3)cc2)c(C)n1C1CCCCC1. The van der Waals surface area contributed by atoms with Crippen molar-refractivity contribution in [2.24, 2.45) is 0 Å². The second-order valence-corrected chi connectivity index (χ2v) is 11.6. The fraction of sp³-hybridized carbons (Fsp3) is 0.324. The molecule has 1 aliphatic heterocycles. The molecule has 7 nitrogen and oxygen atoms in total. The van der Waals surface area contributed by atoms with Crippen molar-refractivity contribution in [3.8, 4) is 5.75 Å². The summed E-state index contributed by atoms with van der Waals surface area (Å²) >= 11 is 5.96. The quantitative estimate of drug-likeness (QED) is 0.215. The van der Waals surface area contributed by atoms with E-state index in [9.17, 15) is 4.79 Å². The zero-order valence-electron chi connectivity index (χ0n) is 24.1. The molecule has 1 saturated carbocycles. The van der Waals surface area contributed by atoms with Crippen LogP contribution in [0.25, 0.3) is 0 Å². The van der Waals surface area contributed by atoms with E-state index < -0.39 is 0 Å². The number of pyridine rings is 1. The van der Waals surface area contributed by atoms with Crippen LogP contribution in [0.3, 0.4) is 0 Å². The molecule has 0 radical (unpaired) electrons. The van der Waals surface area contributed by atoms with Gasteiger partial charge in [-0.3, -0.25) is 9.78 Å². The molecule has 2 aromatic heterocycles. The van der Waals surface area contributed by atoms with Gasteiger partial charge in [-0.2, -0.15) is 0 Å². The van der Waals surface area contributed by atoms with Crippen LogP contribution in [-0.2, 0) is 4.79 Å². The van der Waals surface area contributed by atoms with Crippen molar-refractivity contribution in [3.05, 3.63) is 108 Å². The van der Waals surface area contributed by atoms with Crippen LogP contribution in [0.4, 0.5) is 11.4 Å². The zero-order chi connectivity index (χ0) is 29.1. The van der Waals surface area contributed by atoms with Gasteiger partial charge in [0.25, 0.3) is 5.91 Å². The van der Waals surface area contributed by atoms with Gasteiger partial charge in [-0.25, -0.2) is 0 Å². The van der Waals surface area contributed by atoms with Crippen LogP contribution in [0.5, 0.6) is 5.75 Å². The smallest absolute Gasteiger partial charge is 0.262 e. The molecule has 0 unspecified atom stereocenters. The minimum Gasteiger partial charge on any atom is -0.484 e. The maximum atomic E-state index is 12.5. The first-order chi connectivity index (χ1) is 20.5. The summed E-state index contributed by atoms with van der Waals surface area (Å²) in [5, 5.41) is 7.17. The molecule has 1 aliphatic carbocycles. The Balaban J connectivity index is 1.27. The minimum absolute atomic E-state index is 0.0592. The second-order valence-electron chi connectivity index (χ2n) is 11.2. The predicted octanol–water partition coefficient (Wildman–Crippen LogP) is 7.20. The van der Waals surface area contributed by atoms with Gasteiger partial charge in [-0.15, -0.1) is 0 Å². The third-order valence-electron chi connectivity index (χ3n) is 8.42. The molecule has 2 N–H and O–H groups in total. The number of aryl methyl sites for hydroxylation is 1. The van der Waals surface area contributed by atoms with Crippen molar-refractivity contribution < 1.29 is 9.53 Å². The molecule has 216 valence electrons. The number of hydrogen-bond donors (Lipinski definition) is 2. The molecular weight excluding hydrogens is 542 g/mol. The average molecular weight is 580 g/mol. The van der Waals surface area contributed by atoms with Gasteiger partial charge in [0.05, 0.1) is 17.8 Å². The third kappa shape index (κ3) is 5.77. The fourth-order valence-corrected chi connectivity index (χ4v) is 6.87. The molecule has 8 heteroatoms. The van der Waals surface area contributed by atoms with Crippen LogP contribution < -0.4 is 20.3 Å². The number of carbonyl (C=O) groups is 1. The molecule has 3 heterocycles. The van der Waals surface area contributed by atoms with Crippen LogP contribution in [-0.4, -0.2) is 27.2 Å². The molecule has 1 saturated heterocycles. The number of ether oxygens (including phenoxy) is 1. The van der Waals surface area contributed by atoms with Crippen LogP contribution in [0.2, 0.25) is 0 Å². The van der Waals surface area contributed by atoms with E-state index in [1.165, 1.54) is 49.1 Å². The first kappa shape index (κ1) is 28.0. The van der Waals surface area contributed by atoms with Gasteiger partial charge in [0.1, 0.15) is 5.75 Å². The van der Waals surface area contributed by atoms with Gasteiger partial charge in [-0.1, -0.05) is 43.5 Å². The lowest BCUT2D eigenvalue weighted by atomic mass is 9.94. The van der Waals surface area contributed by atoms with Gasteiger partial charge in [0, 0.05) is 35.0 Å². The summed E-state index contributed by atoms with van der Waals surface area (Å²) in [4.78, 5) is 19.5. The summed E-state index contributed by atoms with van der Waals surface area (Å²) in [5.41, 5.74) is 6.46. The van der Waals surface area contributed by atoms with Gasteiger partial charge in [0.15, 0.2) is 11.7 Å². The van der Waals surface area contributed by atoms with E-state index in [4.69, 9.17) is 21.9 Å². The maximum Gasteiger partial charge on any atom is 0.262 e. The number of carbonyl (C=O) groups excluding carboxylic acids is 1. The van der Waals surface area contributed by atoms with Gasteiger partial charge in [-0.05, 0) is 99.1 Å². The number of rotatable bonds is 8. The molecule has 4 aromatic rings. The number of amides is 1. The van der Waals surface area contributed by atoms with Crippen LogP contribution in [0, 0.1) is 13.8 Å². The van der Waals surface area contributed by atoms with Crippen LogP contribution in [0.1, 0.15) is 72.9 Å². The Morgan fingerprint density at radius 2 is 1.74 bits per heavy atom. The van der Waals surface area contributed by atoms with Gasteiger partial charge >= 0.3 is 0 Å². The highest BCUT2D eigenvalue weighted by molar-refractivity contribution is 7.80. The number of benzene rings is 2. The molecule has 0 bridgehead atoms. The number of thiocarbonyl (C=S) groups is 1. The Morgan fingerprint density at radius 3 is 2.45 bits per heavy atom. The summed E-state index contributed by atoms with van der Waals surface area (Å²) in [7, 11) is 0. The summed E-state index contributed by atoms with van der Waals surface area (Å²) < 4.78 is 8.14. The van der Waals surface area contributed by atoms with Crippen molar-refractivity contribution in [1.29, 1.82) is 0 Å². The van der Waals surface area contributed by atoms with Crippen molar-refractivity contribution >= 4 is 34.6 Å². The van der Waals surface area contributed by atoms with Crippen LogP contribution in [0.15, 0.2) is 85.1 Å². The lowest BCUT2D eigenvalue weighted by molar-refractivity contribution is -0.118. The van der Waals surface area contributed by atoms with E-state index in [-0.39, 0.29) is 24.6 Å². The highest BCUT2D eigenvalue weighted by Gasteiger charge is 2.42. The summed E-state index contributed by atoms with van der Waals surface area (Å²) in [5.74, 6) is 0.447. The molecule has 6 rings (SSSR count). The second kappa shape index (κ2) is 12.4. The highest BCUT2D eigenvalue weighted by Crippen LogP contribution is 2.44. The molecule has 42 heavy (non-hydrogen) atoms. The van der Waals surface area contributed by atoms with E-state index in [2.05, 4.69) is 46.1 Å². The number of nitrogens with one attached hydrogen (secondary N) is 2. The van der Waals surface area contributed by atoms with E-state index in [1.807, 2.05) is 72.9 Å². The number of anilines is 2. The monoisotopic (exact) mass is 579 g/mol. The Morgan fingerprint density at radius 1 is 1.00 bits per heavy atom. The molecule has 0 spiro atoms. The highest BCUT2D eigenvalue weighted by atomic mass is 32.1. The minimum atomic E-state index is -0.215. The number of hydrogen-bond acceptors (Lipinski definition) is 4. The Hall–Kier alpha value is -4.17. The average Bonchev–Trinajstić information content (AvgIpc) is 3.52. The third-order valence-corrected chi connectivity index (χ3v) is 8.74. The largest absolute Gasteiger partial charge is 0.484 e. The standard InChI is InChI=1S/C34H37N5O2S/c1-23-21-29(24(2)38(23)26-11-5-3-6-12-26)33-32(30-15-9-10-20-35-30)37-34(42)39(33)27-18-16-25(17-19-27)36-31(40)22-41-28-13-7-4-8-14-28/h4,7-10,13-21,26,32-33H,3,5-6,11-12,22H2,1-2H3,(H,36,40)(H,37,42)/t32-,33-/m0/s1. The summed E-state index contributed by atoms with van der Waals surface area (Å²) in [6, 6.07) is 25.9. The van der Waals surface area contributed by atoms with Gasteiger partial charge in [0.2, 0.25) is 0 Å². The molecule has 1 amide bonds. The van der Waals surface area contributed by atoms with Crippen molar-refractivity contribution in [2.45, 2.75) is 64.1 Å². The van der Waals surface area contributed by atoms with E-state index in [0.717, 1.165) is 11.4 Å². The first-order valence-corrected chi connectivity index (χ1v) is 15.2. The lowest BCUT2D eigenvalue weighted by Gasteiger charge is -2.30. The summed E-state index contributed by atoms with van der Waals surface area (Å²) in [6.45, 7) is 4.42. The molecule has 2 fully saturated rings. The van der Waals surface area contributed by atoms with Crippen molar-refractivity contribution in [2.75, 3.05) is 16.8 Å². The topological polar surface area (TPSA) is 71.4 Å². The van der Waals surface area contributed by atoms with E-state index in [0.29, 0.717) is 22.6 Å². The normalized spacial score (nSPS) is 19.0. The Bertz CT molecular complexity index is 1530. The first-order valence-electron chi connectivity index (χ1n) is 14.8. The maximum absolute atomic E-state index is 12.5. The Kier molecular flexibility index (Phi) is 8.24. The lowest BCUT2D eigenvalue weighted by Crippen LogP contribution is -2.29. The zero-order valence-corrected chi connectivity index (χ0v) is 24.9. The van der Waals surface area contributed by atoms with Crippen molar-refractivity contribution in [1.82, 2.24) is 14.9 Å². The van der Waals surface area contributed by atoms with Crippen LogP contribution >= 0.6 is 12.2 Å². The van der Waals surface area contributed by atoms with E-state index in [1.54, 1.807) is 0 Å². The van der Waals surface area contributed by atoms with Gasteiger partial charge < -0.3 is 24.8 Å². The Labute approximate surface area is 252 Å². The van der Waals surface area contributed by atoms with E-state index >= 15 is 0 Å². The molecular formula is C34H37N5O2S. The fourth-order valence-electron chi connectivity index (χ4n) is 6.52. The summed E-state index contributed by atoms with van der Waals surface area (Å²) in [6.07, 6.45) is 8.20. The molecule has 2 aromatic carbocycles. The number of aromatic nitrogens is 2. The molecule has 2 aliphatic rings. The predicted molar refractivity (Wildman–Crippen MR) is 171 cm³/mol.